The van der Waals surface area contributed by atoms with Crippen LogP contribution in [0, 0.1) is 116 Å². The van der Waals surface area contributed by atoms with E-state index in [4.69, 9.17) is 0 Å². The van der Waals surface area contributed by atoms with E-state index in [0.29, 0.717) is 0 Å². The van der Waals surface area contributed by atoms with E-state index >= 15 is 35.1 Å². The highest BCUT2D eigenvalue weighted by molar-refractivity contribution is 7.20. The first-order valence-corrected chi connectivity index (χ1v) is 17.8. The van der Waals surface area contributed by atoms with Crippen molar-refractivity contribution in [2.45, 2.75) is 19.9 Å². The third-order valence-corrected chi connectivity index (χ3v) is 10.3. The minimum absolute atomic E-state index is 0.939. The summed E-state index contributed by atoms with van der Waals surface area (Å²) in [5.74, 6) is -71.4. The summed E-state index contributed by atoms with van der Waals surface area (Å²) >= 11 is 0. The minimum atomic E-state index is -7.22. The Morgan fingerprint density at radius 3 is 0.938 bits per heavy atom. The third-order valence-electron chi connectivity index (χ3n) is 10.3. The van der Waals surface area contributed by atoms with E-state index in [0.717, 1.165) is 13.0 Å². The highest BCUT2D eigenvalue weighted by Gasteiger charge is 2.52. The Morgan fingerprint density at radius 2 is 0.625 bits per heavy atom. The summed E-state index contributed by atoms with van der Waals surface area (Å²) < 4.78 is 296. The van der Waals surface area contributed by atoms with E-state index in [1.54, 1.807) is 0 Å². The van der Waals surface area contributed by atoms with Gasteiger partial charge in [0.15, 0.2) is 88.2 Å². The van der Waals surface area contributed by atoms with Gasteiger partial charge >= 0.3 is 0 Å². The van der Waals surface area contributed by atoms with Crippen LogP contribution in [-0.2, 0) is 13.0 Å². The summed E-state index contributed by atoms with van der Waals surface area (Å²) in [6, 6.07) is 21.5. The van der Waals surface area contributed by atoms with Gasteiger partial charge in [-0.25, -0.2) is 87.8 Å². The maximum absolute atomic E-state index is 15.4. The number of benzene rings is 6. The van der Waals surface area contributed by atoms with Gasteiger partial charge in [0.25, 0.3) is 0 Å². The number of fused-ring (bicyclic) bond motifs is 1. The lowest BCUT2D eigenvalue weighted by atomic mass is 9.12. The molecule has 0 amide bonds. The average Bonchev–Trinajstić information content (AvgIpc) is 3.29. The quantitative estimate of drug-likeness (QED) is 0.0494. The Kier molecular flexibility index (Phi) is 12.8. The standard InChI is InChI=1S/C24BF20.C18H18N/c26-5-1(6(27)14(35)21(42)13(5)34)25(2-7(28)15(36)22(43)16(37)8(2)29,3-9(30)17(38)23(44)18(39)10(3)31)4-11(32)19(40)24(45)20(41)12(4)33;1-2-18-17-11-7-6-10-16(17)12-13-19(18)14-15-8-4-3-5-9-15/h;3-13H,2,14H2,1H3/q-1;+1. The second-order valence-corrected chi connectivity index (χ2v) is 13.6. The van der Waals surface area contributed by atoms with Crippen LogP contribution in [0.25, 0.3) is 10.8 Å². The monoisotopic (exact) mass is 927 g/mol. The number of halogens is 20. The van der Waals surface area contributed by atoms with Crippen molar-refractivity contribution in [3.63, 3.8) is 0 Å². The number of aromatic nitrogens is 1. The van der Waals surface area contributed by atoms with Crippen molar-refractivity contribution >= 4 is 38.8 Å². The molecule has 0 radical (unpaired) electrons. The molecular weight excluding hydrogens is 909 g/mol. The highest BCUT2D eigenvalue weighted by atomic mass is 19.2. The van der Waals surface area contributed by atoms with Crippen LogP contribution in [0.4, 0.5) is 87.8 Å². The molecule has 22 heteroatoms. The molecule has 0 atom stereocenters. The summed E-state index contributed by atoms with van der Waals surface area (Å²) in [5.41, 5.74) is -11.6. The third kappa shape index (κ3) is 7.15. The lowest BCUT2D eigenvalue weighted by Gasteiger charge is -2.44. The van der Waals surface area contributed by atoms with E-state index in [1.165, 1.54) is 22.0 Å². The first-order chi connectivity index (χ1) is 30.1. The molecule has 64 heavy (non-hydrogen) atoms. The van der Waals surface area contributed by atoms with Crippen LogP contribution >= 0.6 is 0 Å². The fourth-order valence-electron chi connectivity index (χ4n) is 7.52. The molecule has 6 aromatic carbocycles. The molecule has 0 spiro atoms. The second-order valence-electron chi connectivity index (χ2n) is 13.6. The molecule has 0 saturated carbocycles. The van der Waals surface area contributed by atoms with Crippen LogP contribution in [-0.4, -0.2) is 6.15 Å². The lowest BCUT2D eigenvalue weighted by molar-refractivity contribution is -0.694. The van der Waals surface area contributed by atoms with Crippen LogP contribution < -0.4 is 26.4 Å². The Hall–Kier alpha value is -6.61. The van der Waals surface area contributed by atoms with Gasteiger partial charge in [0.1, 0.15) is 52.7 Å². The minimum Gasteiger partial charge on any atom is -0.207 e. The first-order valence-electron chi connectivity index (χ1n) is 17.8. The summed E-state index contributed by atoms with van der Waals surface area (Å²) in [6.07, 6.45) is -3.96. The van der Waals surface area contributed by atoms with Gasteiger partial charge < -0.3 is 0 Å². The van der Waals surface area contributed by atoms with E-state index in [9.17, 15) is 52.7 Å². The Balaban J connectivity index is 0.000000295. The van der Waals surface area contributed by atoms with Crippen molar-refractivity contribution in [3.8, 4) is 0 Å². The Bertz CT molecular complexity index is 2630. The van der Waals surface area contributed by atoms with Crippen molar-refractivity contribution < 1.29 is 92.4 Å². The van der Waals surface area contributed by atoms with E-state index in [1.807, 2.05) is 0 Å². The fraction of sp³-hybridized carbons (Fsp3) is 0.0714. The highest BCUT2D eigenvalue weighted by Crippen LogP contribution is 2.31. The molecule has 0 N–H and O–H groups in total. The van der Waals surface area contributed by atoms with Gasteiger partial charge in [0.05, 0.1) is 0 Å². The molecule has 0 unspecified atom stereocenters. The van der Waals surface area contributed by atoms with Crippen LogP contribution in [0.15, 0.2) is 66.9 Å². The van der Waals surface area contributed by atoms with Crippen molar-refractivity contribution in [1.82, 2.24) is 0 Å². The topological polar surface area (TPSA) is 3.88 Å². The molecule has 1 nitrogen and oxygen atoms in total. The smallest absolute Gasteiger partial charge is 0.200 e. The zero-order valence-corrected chi connectivity index (χ0v) is 31.3. The summed E-state index contributed by atoms with van der Waals surface area (Å²) in [6.45, 7) is 3.16. The molecule has 1 aromatic heterocycles. The van der Waals surface area contributed by atoms with Crippen molar-refractivity contribution in [3.05, 3.63) is 194 Å². The average molecular weight is 927 g/mol. The maximum Gasteiger partial charge on any atom is 0.200 e. The largest absolute Gasteiger partial charge is 0.207 e. The maximum atomic E-state index is 15.4. The van der Waals surface area contributed by atoms with Crippen molar-refractivity contribution in [1.29, 1.82) is 0 Å². The van der Waals surface area contributed by atoms with Crippen molar-refractivity contribution in [2.24, 2.45) is 0 Å². The predicted octanol–water partition coefficient (Wildman–Crippen LogP) is 9.58. The van der Waals surface area contributed by atoms with Crippen LogP contribution in [0.2, 0.25) is 0 Å². The van der Waals surface area contributed by atoms with E-state index < -0.39 is 144 Å². The van der Waals surface area contributed by atoms with Crippen LogP contribution in [0.3, 0.4) is 0 Å². The van der Waals surface area contributed by atoms with Gasteiger partial charge in [-0.2, -0.15) is 4.57 Å². The number of hydrogen-bond acceptors (Lipinski definition) is 0. The van der Waals surface area contributed by atoms with Gasteiger partial charge in [0.2, 0.25) is 0 Å². The number of hydrogen-bond donors (Lipinski definition) is 0. The Labute approximate surface area is 345 Å². The molecule has 0 fully saturated rings. The summed E-state index contributed by atoms with van der Waals surface area (Å²) in [7, 11) is 0. The SMILES string of the molecule is CCc1c2ccccc2cc[n+]1Cc1ccccc1.Fc1c(F)c(F)c([B-](c2c(F)c(F)c(F)c(F)c2F)(c2c(F)c(F)c(F)c(F)c2F)c2c(F)c(F)c(F)c(F)c2F)c(F)c1F. The molecule has 0 saturated heterocycles. The zero-order valence-electron chi connectivity index (χ0n) is 31.3. The predicted molar refractivity (Wildman–Crippen MR) is 188 cm³/mol. The molecular formula is C42H18BF20N. The van der Waals surface area contributed by atoms with Gasteiger partial charge in [-0.1, -0.05) is 55.5 Å². The first kappa shape index (κ1) is 46.9. The second kappa shape index (κ2) is 17.5. The van der Waals surface area contributed by atoms with Crippen LogP contribution in [0.1, 0.15) is 18.2 Å². The molecule has 0 aliphatic heterocycles. The normalized spacial score (nSPS) is 11.6. The number of nitrogens with zero attached hydrogens (tertiary/aromatic N) is 1. The molecule has 0 aliphatic carbocycles. The lowest BCUT2D eigenvalue weighted by Crippen LogP contribution is -2.81. The zero-order chi connectivity index (χ0) is 47.4. The summed E-state index contributed by atoms with van der Waals surface area (Å²) in [4.78, 5) is 0. The van der Waals surface area contributed by atoms with Gasteiger partial charge in [-0.15, -0.1) is 21.9 Å². The molecule has 1 heterocycles. The Morgan fingerprint density at radius 1 is 0.344 bits per heavy atom. The van der Waals surface area contributed by atoms with Gasteiger partial charge in [-0.05, 0) is 11.5 Å². The van der Waals surface area contributed by atoms with Gasteiger partial charge in [0, 0.05) is 23.4 Å². The molecule has 7 aromatic rings. The molecule has 7 rings (SSSR count). The van der Waals surface area contributed by atoms with Crippen molar-refractivity contribution in [2.75, 3.05) is 0 Å². The van der Waals surface area contributed by atoms with E-state index in [-0.39, 0.29) is 0 Å². The number of pyridine rings is 1. The molecule has 0 bridgehead atoms. The van der Waals surface area contributed by atoms with Gasteiger partial charge in [-0.3, -0.25) is 0 Å². The fourth-order valence-corrected chi connectivity index (χ4v) is 7.52. The molecule has 334 valence electrons. The number of rotatable bonds is 7. The van der Waals surface area contributed by atoms with Crippen LogP contribution in [0.5, 0.6) is 0 Å². The summed E-state index contributed by atoms with van der Waals surface area (Å²) in [5, 5.41) is 2.69. The number of aryl methyl sites for hydroxylation is 1. The molecule has 0 aliphatic rings. The van der Waals surface area contributed by atoms with E-state index in [2.05, 4.69) is 78.4 Å².